The lowest BCUT2D eigenvalue weighted by atomic mass is 10.2. The van der Waals surface area contributed by atoms with E-state index in [1.165, 1.54) is 0 Å². The summed E-state index contributed by atoms with van der Waals surface area (Å²) in [4.78, 5) is 10.1. The summed E-state index contributed by atoms with van der Waals surface area (Å²) in [6.45, 7) is 0. The maximum atomic E-state index is 10.1. The molecule has 0 aliphatic rings. The van der Waals surface area contributed by atoms with E-state index in [2.05, 4.69) is 21.7 Å². The quantitative estimate of drug-likeness (QED) is 0.487. The summed E-state index contributed by atoms with van der Waals surface area (Å²) in [6, 6.07) is 0. The Morgan fingerprint density at radius 1 is 1.67 bits per heavy atom. The Labute approximate surface area is 60.8 Å². The fraction of sp³-hybridized carbons (Fsp3) is 0.750. The van der Waals surface area contributed by atoms with Crippen LogP contribution in [-0.4, -0.2) is 33.7 Å². The first-order valence-corrected chi connectivity index (χ1v) is 3.43. The van der Waals surface area contributed by atoms with Gasteiger partial charge >= 0.3 is 0 Å². The number of hydrogen-bond acceptors (Lipinski definition) is 3. The monoisotopic (exact) mass is 197 g/mol. The summed E-state index contributed by atoms with van der Waals surface area (Å²) >= 11 is 2.87. The van der Waals surface area contributed by atoms with Gasteiger partial charge in [0.05, 0.1) is 6.10 Å². The number of alkyl halides is 1. The second kappa shape index (κ2) is 3.81. The van der Waals surface area contributed by atoms with E-state index in [1.807, 2.05) is 0 Å². The number of amides is 1. The number of carbonyl (C=O) groups is 1. The van der Waals surface area contributed by atoms with E-state index in [1.54, 1.807) is 0 Å². The SMILES string of the molecule is NC(=O)C(O)C(O)CBr. The van der Waals surface area contributed by atoms with Gasteiger partial charge in [-0.2, -0.15) is 0 Å². The van der Waals surface area contributed by atoms with Crippen LogP contribution < -0.4 is 5.73 Å². The van der Waals surface area contributed by atoms with Gasteiger partial charge in [0, 0.05) is 5.33 Å². The molecule has 4 nitrogen and oxygen atoms in total. The second-order valence-corrected chi connectivity index (χ2v) is 2.22. The van der Waals surface area contributed by atoms with Crippen molar-refractivity contribution in [1.29, 1.82) is 0 Å². The maximum absolute atomic E-state index is 10.1. The lowest BCUT2D eigenvalue weighted by Gasteiger charge is -2.10. The molecule has 0 heterocycles. The summed E-state index contributed by atoms with van der Waals surface area (Å²) in [5, 5.41) is 17.5. The third kappa shape index (κ3) is 2.78. The van der Waals surface area contributed by atoms with Crippen LogP contribution in [0, 0.1) is 0 Å². The molecule has 0 spiro atoms. The van der Waals surface area contributed by atoms with Gasteiger partial charge in [0.25, 0.3) is 0 Å². The van der Waals surface area contributed by atoms with Crippen molar-refractivity contribution in [2.24, 2.45) is 5.73 Å². The van der Waals surface area contributed by atoms with E-state index in [-0.39, 0.29) is 5.33 Å². The molecule has 0 aliphatic carbocycles. The van der Waals surface area contributed by atoms with Crippen LogP contribution in [0.15, 0.2) is 0 Å². The molecule has 0 rings (SSSR count). The molecule has 0 aromatic carbocycles. The predicted molar refractivity (Wildman–Crippen MR) is 35.0 cm³/mol. The van der Waals surface area contributed by atoms with Gasteiger partial charge in [-0.15, -0.1) is 0 Å². The van der Waals surface area contributed by atoms with Gasteiger partial charge in [0.15, 0.2) is 6.10 Å². The van der Waals surface area contributed by atoms with Crippen LogP contribution in [0.5, 0.6) is 0 Å². The molecule has 1 amide bonds. The first-order chi connectivity index (χ1) is 4.09. The molecular formula is C4H8BrNO3. The van der Waals surface area contributed by atoms with Gasteiger partial charge in [-0.3, -0.25) is 4.79 Å². The van der Waals surface area contributed by atoms with Crippen LogP contribution in [0.2, 0.25) is 0 Å². The van der Waals surface area contributed by atoms with Crippen LogP contribution in [0.3, 0.4) is 0 Å². The minimum absolute atomic E-state index is 0.136. The number of primary amides is 1. The smallest absolute Gasteiger partial charge is 0.249 e. The van der Waals surface area contributed by atoms with Crippen LogP contribution >= 0.6 is 15.9 Å². The molecule has 0 aromatic heterocycles. The fourth-order valence-corrected chi connectivity index (χ4v) is 0.628. The van der Waals surface area contributed by atoms with Crippen molar-refractivity contribution in [1.82, 2.24) is 0 Å². The van der Waals surface area contributed by atoms with Crippen molar-refractivity contribution in [3.63, 3.8) is 0 Å². The van der Waals surface area contributed by atoms with Crippen molar-refractivity contribution >= 4 is 21.8 Å². The molecule has 0 radical (unpaired) electrons. The fourth-order valence-electron chi connectivity index (χ4n) is 0.274. The van der Waals surface area contributed by atoms with E-state index in [0.29, 0.717) is 0 Å². The predicted octanol–water partition coefficient (Wildman–Crippen LogP) is -1.41. The Morgan fingerprint density at radius 2 is 2.11 bits per heavy atom. The molecule has 9 heavy (non-hydrogen) atoms. The highest BCUT2D eigenvalue weighted by Gasteiger charge is 2.19. The molecule has 0 aliphatic heterocycles. The number of rotatable bonds is 3. The molecule has 0 aromatic rings. The number of aliphatic hydroxyl groups is 2. The van der Waals surface area contributed by atoms with E-state index in [4.69, 9.17) is 10.2 Å². The largest absolute Gasteiger partial charge is 0.389 e. The molecule has 2 unspecified atom stereocenters. The molecule has 2 atom stereocenters. The zero-order chi connectivity index (χ0) is 7.44. The van der Waals surface area contributed by atoms with E-state index >= 15 is 0 Å². The molecule has 0 saturated heterocycles. The Bertz CT molecular complexity index is 108. The molecule has 5 heteroatoms. The first-order valence-electron chi connectivity index (χ1n) is 2.31. The lowest BCUT2D eigenvalue weighted by molar-refractivity contribution is -0.130. The summed E-state index contributed by atoms with van der Waals surface area (Å²) in [5.41, 5.74) is 4.64. The molecule has 54 valence electrons. The van der Waals surface area contributed by atoms with Gasteiger partial charge in [-0.05, 0) is 0 Å². The highest BCUT2D eigenvalue weighted by molar-refractivity contribution is 9.09. The van der Waals surface area contributed by atoms with Crippen LogP contribution in [-0.2, 0) is 4.79 Å². The van der Waals surface area contributed by atoms with E-state index in [0.717, 1.165) is 0 Å². The minimum atomic E-state index is -1.47. The van der Waals surface area contributed by atoms with Crippen molar-refractivity contribution in [3.8, 4) is 0 Å². The Morgan fingerprint density at radius 3 is 2.22 bits per heavy atom. The summed E-state index contributed by atoms with van der Waals surface area (Å²) < 4.78 is 0. The number of halogens is 1. The highest BCUT2D eigenvalue weighted by Crippen LogP contribution is 1.95. The molecule has 0 fully saturated rings. The van der Waals surface area contributed by atoms with Gasteiger partial charge in [0.1, 0.15) is 0 Å². The normalized spacial score (nSPS) is 16.8. The number of carbonyl (C=O) groups excluding carboxylic acids is 1. The number of aliphatic hydroxyl groups excluding tert-OH is 2. The number of nitrogens with two attached hydrogens (primary N) is 1. The summed E-state index contributed by atoms with van der Waals surface area (Å²) in [5.74, 6) is -0.915. The first kappa shape index (κ1) is 8.87. The lowest BCUT2D eigenvalue weighted by Crippen LogP contribution is -2.39. The van der Waals surface area contributed by atoms with Crippen molar-refractivity contribution < 1.29 is 15.0 Å². The second-order valence-electron chi connectivity index (χ2n) is 1.57. The maximum Gasteiger partial charge on any atom is 0.249 e. The average Bonchev–Trinajstić information content (AvgIpc) is 1.84. The van der Waals surface area contributed by atoms with Crippen LogP contribution in [0.4, 0.5) is 0 Å². The Kier molecular flexibility index (Phi) is 3.76. The van der Waals surface area contributed by atoms with Gasteiger partial charge < -0.3 is 15.9 Å². The summed E-state index contributed by atoms with van der Waals surface area (Å²) in [7, 11) is 0. The van der Waals surface area contributed by atoms with Gasteiger partial charge in [0.2, 0.25) is 5.91 Å². The third-order valence-electron chi connectivity index (χ3n) is 0.814. The molecule has 0 saturated carbocycles. The average molecular weight is 198 g/mol. The summed E-state index contributed by atoms with van der Waals surface area (Å²) in [6.07, 6.45) is -2.58. The van der Waals surface area contributed by atoms with Crippen molar-refractivity contribution in [2.45, 2.75) is 12.2 Å². The van der Waals surface area contributed by atoms with E-state index in [9.17, 15) is 4.79 Å². The van der Waals surface area contributed by atoms with E-state index < -0.39 is 18.1 Å². The molecule has 0 bridgehead atoms. The number of hydrogen-bond donors (Lipinski definition) is 3. The highest BCUT2D eigenvalue weighted by atomic mass is 79.9. The zero-order valence-corrected chi connectivity index (χ0v) is 6.21. The molecular weight excluding hydrogens is 190 g/mol. The van der Waals surface area contributed by atoms with Gasteiger partial charge in [-0.1, -0.05) is 15.9 Å². The molecule has 4 N–H and O–H groups in total. The minimum Gasteiger partial charge on any atom is -0.389 e. The standard InChI is InChI=1S/C4H8BrNO3/c5-1-2(7)3(8)4(6)9/h2-3,7-8H,1H2,(H2,6,9). The Hall–Kier alpha value is -0.130. The van der Waals surface area contributed by atoms with Gasteiger partial charge in [-0.25, -0.2) is 0 Å². The third-order valence-corrected chi connectivity index (χ3v) is 1.48. The van der Waals surface area contributed by atoms with Crippen molar-refractivity contribution in [2.75, 3.05) is 5.33 Å². The van der Waals surface area contributed by atoms with Crippen LogP contribution in [0.1, 0.15) is 0 Å². The topological polar surface area (TPSA) is 83.6 Å². The van der Waals surface area contributed by atoms with Crippen molar-refractivity contribution in [3.05, 3.63) is 0 Å². The Balaban J connectivity index is 3.72. The zero-order valence-electron chi connectivity index (χ0n) is 4.62. The van der Waals surface area contributed by atoms with Crippen LogP contribution in [0.25, 0.3) is 0 Å².